The predicted octanol–water partition coefficient (Wildman–Crippen LogP) is 2.46. The van der Waals surface area contributed by atoms with Gasteiger partial charge in [0.2, 0.25) is 0 Å². The molecular formula is C16H16N2O2. The first kappa shape index (κ1) is 13.9. The van der Waals surface area contributed by atoms with Crippen molar-refractivity contribution in [1.29, 1.82) is 0 Å². The summed E-state index contributed by atoms with van der Waals surface area (Å²) in [6.45, 7) is 3.86. The van der Waals surface area contributed by atoms with Gasteiger partial charge in [-0.1, -0.05) is 24.0 Å². The maximum atomic E-state index is 12.2. The van der Waals surface area contributed by atoms with Gasteiger partial charge in [-0.15, -0.1) is 0 Å². The number of para-hydroxylation sites is 1. The molecule has 4 nitrogen and oxygen atoms in total. The minimum atomic E-state index is -0.207. The van der Waals surface area contributed by atoms with Gasteiger partial charge < -0.3 is 15.5 Å². The van der Waals surface area contributed by atoms with E-state index in [9.17, 15) is 4.79 Å². The summed E-state index contributed by atoms with van der Waals surface area (Å²) in [7, 11) is 0. The number of anilines is 1. The number of hydrogen-bond donors (Lipinski definition) is 2. The van der Waals surface area contributed by atoms with E-state index in [2.05, 4.69) is 17.2 Å². The highest BCUT2D eigenvalue weighted by molar-refractivity contribution is 6.05. The number of carbonyl (C=O) groups excluding carboxylic acids is 1. The number of rotatable bonds is 2. The molecule has 0 saturated carbocycles. The Morgan fingerprint density at radius 3 is 2.75 bits per heavy atom. The fraction of sp³-hybridized carbons (Fsp3) is 0.188. The third-order valence-corrected chi connectivity index (χ3v) is 2.79. The Hall–Kier alpha value is -2.51. The number of amides is 1. The predicted molar refractivity (Wildman–Crippen MR) is 78.5 cm³/mol. The van der Waals surface area contributed by atoms with E-state index in [1.165, 1.54) is 0 Å². The van der Waals surface area contributed by atoms with E-state index in [0.717, 1.165) is 5.56 Å². The maximum Gasteiger partial charge on any atom is 0.259 e. The van der Waals surface area contributed by atoms with E-state index < -0.39 is 0 Å². The zero-order chi connectivity index (χ0) is 14.5. The van der Waals surface area contributed by atoms with Crippen molar-refractivity contribution < 1.29 is 9.21 Å². The Balaban J connectivity index is 2.26. The molecule has 0 aliphatic heterocycles. The number of furan rings is 1. The highest BCUT2D eigenvalue weighted by Gasteiger charge is 2.14. The molecular weight excluding hydrogens is 252 g/mol. The van der Waals surface area contributed by atoms with Crippen LogP contribution in [0.1, 0.15) is 27.4 Å². The molecule has 0 aliphatic carbocycles. The molecule has 1 heterocycles. The van der Waals surface area contributed by atoms with E-state index in [1.807, 2.05) is 25.1 Å². The van der Waals surface area contributed by atoms with Crippen molar-refractivity contribution in [3.63, 3.8) is 0 Å². The zero-order valence-corrected chi connectivity index (χ0v) is 11.5. The summed E-state index contributed by atoms with van der Waals surface area (Å²) in [5.41, 5.74) is 7.30. The first-order valence-corrected chi connectivity index (χ1v) is 6.28. The van der Waals surface area contributed by atoms with Crippen molar-refractivity contribution in [2.45, 2.75) is 13.8 Å². The lowest BCUT2D eigenvalue weighted by molar-refractivity contribution is 0.102. The van der Waals surface area contributed by atoms with Crippen LogP contribution in [-0.4, -0.2) is 12.5 Å². The lowest BCUT2D eigenvalue weighted by Gasteiger charge is -2.06. The normalized spacial score (nSPS) is 9.75. The third-order valence-electron chi connectivity index (χ3n) is 2.79. The van der Waals surface area contributed by atoms with Crippen LogP contribution in [0.3, 0.4) is 0 Å². The van der Waals surface area contributed by atoms with E-state index in [4.69, 9.17) is 10.2 Å². The van der Waals surface area contributed by atoms with Crippen molar-refractivity contribution in [1.82, 2.24) is 0 Å². The molecule has 0 fully saturated rings. The molecule has 0 unspecified atom stereocenters. The second kappa shape index (κ2) is 6.09. The smallest absolute Gasteiger partial charge is 0.259 e. The van der Waals surface area contributed by atoms with Crippen molar-refractivity contribution in [3.8, 4) is 11.8 Å². The minimum absolute atomic E-state index is 0.207. The summed E-state index contributed by atoms with van der Waals surface area (Å²) >= 11 is 0. The summed E-state index contributed by atoms with van der Waals surface area (Å²) in [5, 5.41) is 2.85. The van der Waals surface area contributed by atoms with Gasteiger partial charge in [-0.25, -0.2) is 0 Å². The summed E-state index contributed by atoms with van der Waals surface area (Å²) in [5.74, 6) is 6.82. The molecule has 0 saturated heterocycles. The molecule has 4 heteroatoms. The third kappa shape index (κ3) is 3.08. The Morgan fingerprint density at radius 1 is 1.35 bits per heavy atom. The molecule has 3 N–H and O–H groups in total. The largest absolute Gasteiger partial charge is 0.466 e. The van der Waals surface area contributed by atoms with Crippen LogP contribution < -0.4 is 11.1 Å². The molecule has 0 aliphatic rings. The lowest BCUT2D eigenvalue weighted by Crippen LogP contribution is -2.13. The second-order valence-electron chi connectivity index (χ2n) is 4.33. The van der Waals surface area contributed by atoms with Crippen molar-refractivity contribution in [3.05, 3.63) is 53.0 Å². The van der Waals surface area contributed by atoms with Gasteiger partial charge in [0.15, 0.2) is 0 Å². The summed E-state index contributed by atoms with van der Waals surface area (Å²) in [6.07, 6.45) is 0. The van der Waals surface area contributed by atoms with Gasteiger partial charge in [0, 0.05) is 5.56 Å². The molecule has 0 spiro atoms. The van der Waals surface area contributed by atoms with Crippen molar-refractivity contribution in [2.75, 3.05) is 11.9 Å². The fourth-order valence-electron chi connectivity index (χ4n) is 1.89. The van der Waals surface area contributed by atoms with Crippen molar-refractivity contribution in [2.24, 2.45) is 5.73 Å². The van der Waals surface area contributed by atoms with E-state index in [-0.39, 0.29) is 12.5 Å². The quantitative estimate of drug-likeness (QED) is 0.822. The van der Waals surface area contributed by atoms with Crippen LogP contribution in [-0.2, 0) is 0 Å². The first-order valence-electron chi connectivity index (χ1n) is 6.28. The average molecular weight is 268 g/mol. The van der Waals surface area contributed by atoms with Crippen molar-refractivity contribution >= 4 is 11.6 Å². The van der Waals surface area contributed by atoms with E-state index >= 15 is 0 Å². The summed E-state index contributed by atoms with van der Waals surface area (Å²) in [6, 6.07) is 9.07. The molecule has 0 bridgehead atoms. The van der Waals surface area contributed by atoms with E-state index in [0.29, 0.717) is 22.8 Å². The van der Waals surface area contributed by atoms with Crippen LogP contribution in [0, 0.1) is 25.7 Å². The highest BCUT2D eigenvalue weighted by Crippen LogP contribution is 2.18. The minimum Gasteiger partial charge on any atom is -0.466 e. The van der Waals surface area contributed by atoms with Crippen LogP contribution in [0.5, 0.6) is 0 Å². The number of aryl methyl sites for hydroxylation is 2. The van der Waals surface area contributed by atoms with Crippen LogP contribution in [0.15, 0.2) is 34.7 Å². The second-order valence-corrected chi connectivity index (χ2v) is 4.33. The fourth-order valence-corrected chi connectivity index (χ4v) is 1.89. The van der Waals surface area contributed by atoms with Gasteiger partial charge in [0.25, 0.3) is 5.91 Å². The highest BCUT2D eigenvalue weighted by atomic mass is 16.3. The maximum absolute atomic E-state index is 12.2. The Bertz CT molecular complexity index is 690. The van der Waals surface area contributed by atoms with Crippen LogP contribution >= 0.6 is 0 Å². The van der Waals surface area contributed by atoms with Crippen LogP contribution in [0.2, 0.25) is 0 Å². The number of benzene rings is 1. The topological polar surface area (TPSA) is 68.3 Å². The van der Waals surface area contributed by atoms with E-state index in [1.54, 1.807) is 19.1 Å². The molecule has 20 heavy (non-hydrogen) atoms. The zero-order valence-electron chi connectivity index (χ0n) is 11.5. The standard InChI is InChI=1S/C16H16N2O2/c1-11-10-14(12(2)20-11)16(19)18-15-8-4-3-6-13(15)7-5-9-17/h3-4,6,8,10H,9,17H2,1-2H3,(H,18,19). The van der Waals surface area contributed by atoms with Crippen LogP contribution in [0.4, 0.5) is 5.69 Å². The van der Waals surface area contributed by atoms with Gasteiger partial charge in [-0.05, 0) is 32.0 Å². The van der Waals surface area contributed by atoms with Gasteiger partial charge in [0.05, 0.1) is 17.8 Å². The van der Waals surface area contributed by atoms with Gasteiger partial charge in [-0.2, -0.15) is 0 Å². The van der Waals surface area contributed by atoms with Crippen LogP contribution in [0.25, 0.3) is 0 Å². The first-order chi connectivity index (χ1) is 9.61. The molecule has 0 atom stereocenters. The van der Waals surface area contributed by atoms with Gasteiger partial charge >= 0.3 is 0 Å². The molecule has 102 valence electrons. The van der Waals surface area contributed by atoms with Gasteiger partial charge in [-0.3, -0.25) is 4.79 Å². The number of nitrogens with two attached hydrogens (primary N) is 1. The SMILES string of the molecule is Cc1cc(C(=O)Nc2ccccc2C#CCN)c(C)o1. The summed E-state index contributed by atoms with van der Waals surface area (Å²) in [4.78, 5) is 12.2. The Kier molecular flexibility index (Phi) is 4.24. The monoisotopic (exact) mass is 268 g/mol. The number of hydrogen-bond acceptors (Lipinski definition) is 3. The molecule has 1 amide bonds. The average Bonchev–Trinajstić information content (AvgIpc) is 2.77. The molecule has 2 aromatic rings. The Morgan fingerprint density at radius 2 is 2.10 bits per heavy atom. The number of nitrogens with one attached hydrogen (secondary N) is 1. The molecule has 1 aromatic heterocycles. The molecule has 1 aromatic carbocycles. The molecule has 0 radical (unpaired) electrons. The lowest BCUT2D eigenvalue weighted by atomic mass is 10.1. The Labute approximate surface area is 118 Å². The number of carbonyl (C=O) groups is 1. The summed E-state index contributed by atoms with van der Waals surface area (Å²) < 4.78 is 5.36. The molecule has 2 rings (SSSR count). The van der Waals surface area contributed by atoms with Gasteiger partial charge in [0.1, 0.15) is 11.5 Å².